The number of phosphoric acid groups is 3. The van der Waals surface area contributed by atoms with E-state index in [-0.39, 0.29) is 36.0 Å². The van der Waals surface area contributed by atoms with Gasteiger partial charge in [-0.1, -0.05) is 35.5 Å². The molecule has 3 aromatic heterocycles. The van der Waals surface area contributed by atoms with Crippen molar-refractivity contribution in [3.05, 3.63) is 97.8 Å². The molecule has 0 bridgehead atoms. The number of aromatic amines is 3. The zero-order valence-electron chi connectivity index (χ0n) is 35.0. The van der Waals surface area contributed by atoms with Crippen molar-refractivity contribution in [1.29, 1.82) is 0 Å². The number of aromatic nitrogens is 6. The summed E-state index contributed by atoms with van der Waals surface area (Å²) in [7, 11) is -11.5. The van der Waals surface area contributed by atoms with Crippen molar-refractivity contribution < 1.29 is 75.2 Å². The fraction of sp³-hybridized carbons (Fsp3) is 0.500. The molecule has 6 heterocycles. The zero-order valence-corrected chi connectivity index (χ0v) is 37.7. The number of rotatable bonds is 13. The number of hydrogen-bond donors (Lipinski definition) is 8. The number of nitrogens with zero attached hydrogens (tertiary/aromatic N) is 3. The van der Waals surface area contributed by atoms with Crippen molar-refractivity contribution in [2.75, 3.05) is 19.8 Å². The monoisotopic (exact) mass is 1000 g/mol. The summed E-state index contributed by atoms with van der Waals surface area (Å²) in [5.41, 5.74) is -5.00. The molecule has 3 aromatic rings. The maximum Gasteiger partial charge on any atom is 0.472 e. The maximum absolute atomic E-state index is 13.4. The van der Waals surface area contributed by atoms with E-state index in [0.717, 1.165) is 26.1 Å². The molecule has 8 N–H and O–H groups in total. The van der Waals surface area contributed by atoms with Gasteiger partial charge in [-0.05, 0) is 0 Å². The van der Waals surface area contributed by atoms with Crippen LogP contribution in [0, 0.1) is 35.5 Å². The Morgan fingerprint density at radius 2 is 0.881 bits per heavy atom. The van der Waals surface area contributed by atoms with Crippen LogP contribution < -0.4 is 33.7 Å². The van der Waals surface area contributed by atoms with Gasteiger partial charge in [0.25, 0.3) is 16.7 Å². The van der Waals surface area contributed by atoms with Gasteiger partial charge in [-0.3, -0.25) is 52.0 Å². The fourth-order valence-corrected chi connectivity index (χ4v) is 9.06. The summed E-state index contributed by atoms with van der Waals surface area (Å²) in [5, 5.41) is 9.90. The molecule has 3 saturated heterocycles. The first-order chi connectivity index (χ1) is 31.4. The SMILES string of the molecule is Cn1cc(C#C[C@H]2C[C@H](OP(=O)(O)O)[C@@H](COP(=O)(O)O[C@H]3C[C@H](C#Cc4cn(C)c(=O)[nH]c4=O)O[C@@H]3COP(=O)(O)O[C@H]3C[C@H](C#Cc4cn(C)c(=O)[nH]c4=O)O[C@@H]3CO)O2)c(=O)[nH]c1=O. The standard InChI is InChI=1S/C36H41N6O22P3/c1-40-13-19(31(44)37-34(40)47)4-7-22-10-25(28(16-43)59-22)63-66(53,54)58-18-30-27(12-24(61-30)9-6-21-15-42(3)36(49)39-33(21)46)64-67(55,56)57-17-29-26(62-65(50,51)52)11-23(60-29)8-5-20-14-41(2)35(48)38-32(20)45/h13-15,22-30,43H,10-12,16-18H2,1-3H3,(H,53,54)(H,55,56)(H,37,44,47)(H,38,45,48)(H,39,46,49)(H2,50,51,52)/t22-,23-,24-,25-,26-,27-,28+,29+,30+/m0/s1. The zero-order chi connectivity index (χ0) is 49.0. The maximum atomic E-state index is 13.4. The lowest BCUT2D eigenvalue weighted by Gasteiger charge is -2.24. The van der Waals surface area contributed by atoms with Crippen LogP contribution in [-0.2, 0) is 71.7 Å². The van der Waals surface area contributed by atoms with Gasteiger partial charge in [0.15, 0.2) is 0 Å². The molecular formula is C36H41N6O22P3. The molecule has 0 radical (unpaired) electrons. The second-order valence-electron chi connectivity index (χ2n) is 14.9. The third-order valence-corrected chi connectivity index (χ3v) is 12.4. The summed E-state index contributed by atoms with van der Waals surface area (Å²) in [6.07, 6.45) is -9.43. The number of aliphatic hydroxyl groups excluding tert-OH is 1. The lowest BCUT2D eigenvalue weighted by Crippen LogP contribution is -2.31. The van der Waals surface area contributed by atoms with Crippen LogP contribution in [0.1, 0.15) is 36.0 Å². The third-order valence-electron chi connectivity index (χ3n) is 9.82. The second kappa shape index (κ2) is 21.0. The van der Waals surface area contributed by atoms with Gasteiger partial charge in [0.1, 0.15) is 71.6 Å². The Bertz CT molecular complexity index is 3080. The van der Waals surface area contributed by atoms with E-state index in [2.05, 4.69) is 45.5 Å². The van der Waals surface area contributed by atoms with Gasteiger partial charge in [-0.25, -0.2) is 28.1 Å². The number of hydrogen-bond acceptors (Lipinski definition) is 18. The topological polar surface area (TPSA) is 391 Å². The number of aryl methyl sites for hydroxylation is 3. The van der Waals surface area contributed by atoms with Crippen molar-refractivity contribution in [3.8, 4) is 35.5 Å². The van der Waals surface area contributed by atoms with E-state index in [1.54, 1.807) is 0 Å². The Morgan fingerprint density at radius 1 is 0.567 bits per heavy atom. The number of aliphatic hydroxyl groups is 1. The largest absolute Gasteiger partial charge is 0.472 e. The summed E-state index contributed by atoms with van der Waals surface area (Å²) in [5.74, 6) is 15.4. The second-order valence-corrected chi connectivity index (χ2v) is 18.9. The highest BCUT2D eigenvalue weighted by Crippen LogP contribution is 2.51. The molecule has 0 amide bonds. The van der Waals surface area contributed by atoms with E-state index in [1.807, 2.05) is 4.98 Å². The molecule has 0 aliphatic carbocycles. The molecule has 3 aliphatic rings. The molecule has 3 fully saturated rings. The van der Waals surface area contributed by atoms with Gasteiger partial charge >= 0.3 is 40.5 Å². The Labute approximate surface area is 375 Å². The first-order valence-corrected chi connectivity index (χ1v) is 24.0. The highest BCUT2D eigenvalue weighted by atomic mass is 31.2. The number of ether oxygens (including phenoxy) is 3. The summed E-state index contributed by atoms with van der Waals surface area (Å²) in [6, 6.07) is 0. The number of phosphoric ester groups is 3. The van der Waals surface area contributed by atoms with Gasteiger partial charge in [0.2, 0.25) is 0 Å². The number of nitrogens with one attached hydrogen (secondary N) is 3. The molecule has 0 aromatic carbocycles. The lowest BCUT2D eigenvalue weighted by molar-refractivity contribution is -0.0349. The van der Waals surface area contributed by atoms with E-state index in [4.69, 9.17) is 36.8 Å². The van der Waals surface area contributed by atoms with E-state index < -0.39 is 132 Å². The van der Waals surface area contributed by atoms with Crippen LogP contribution in [0.25, 0.3) is 0 Å². The van der Waals surface area contributed by atoms with Gasteiger partial charge in [-0.2, -0.15) is 0 Å². The Balaban J connectivity index is 1.15. The minimum absolute atomic E-state index is 0.0960. The van der Waals surface area contributed by atoms with E-state index in [0.29, 0.717) is 0 Å². The molecule has 31 heteroatoms. The van der Waals surface area contributed by atoms with Crippen LogP contribution in [0.2, 0.25) is 0 Å². The van der Waals surface area contributed by atoms with Crippen molar-refractivity contribution in [3.63, 3.8) is 0 Å². The molecule has 0 saturated carbocycles. The molecule has 28 nitrogen and oxygen atoms in total. The predicted molar refractivity (Wildman–Crippen MR) is 223 cm³/mol. The van der Waals surface area contributed by atoms with Gasteiger partial charge < -0.3 is 52.6 Å². The highest BCUT2D eigenvalue weighted by Gasteiger charge is 2.46. The van der Waals surface area contributed by atoms with Gasteiger partial charge in [0.05, 0.1) is 19.8 Å². The predicted octanol–water partition coefficient (Wildman–Crippen LogP) is -3.75. The van der Waals surface area contributed by atoms with Crippen molar-refractivity contribution >= 4 is 23.5 Å². The molecule has 67 heavy (non-hydrogen) atoms. The van der Waals surface area contributed by atoms with Crippen LogP contribution in [0.3, 0.4) is 0 Å². The first kappa shape index (κ1) is 51.3. The van der Waals surface area contributed by atoms with E-state index in [1.165, 1.54) is 27.3 Å². The van der Waals surface area contributed by atoms with Crippen LogP contribution in [-0.4, -0.2) is 128 Å². The molecule has 0 spiro atoms. The Morgan fingerprint density at radius 3 is 1.21 bits per heavy atom. The summed E-state index contributed by atoms with van der Waals surface area (Å²) in [4.78, 5) is 119. The molecular weight excluding hydrogens is 961 g/mol. The average molecular weight is 1000 g/mol. The minimum Gasteiger partial charge on any atom is -0.394 e. The molecule has 362 valence electrons. The van der Waals surface area contributed by atoms with Gasteiger partial charge in [0, 0.05) is 59.0 Å². The normalized spacial score (nSPS) is 26.6. The fourth-order valence-electron chi connectivity index (χ4n) is 6.56. The van der Waals surface area contributed by atoms with Crippen molar-refractivity contribution in [2.24, 2.45) is 21.1 Å². The van der Waals surface area contributed by atoms with Crippen LogP contribution in [0.4, 0.5) is 0 Å². The molecule has 2 unspecified atom stereocenters. The van der Waals surface area contributed by atoms with E-state index in [9.17, 15) is 67.1 Å². The quantitative estimate of drug-likeness (QED) is 0.0602. The smallest absolute Gasteiger partial charge is 0.394 e. The Kier molecular flexibility index (Phi) is 16.1. The lowest BCUT2D eigenvalue weighted by atomic mass is 10.1. The van der Waals surface area contributed by atoms with Crippen LogP contribution in [0.5, 0.6) is 0 Å². The molecule has 11 atom stereocenters. The Hall–Kier alpha value is -5.11. The summed E-state index contributed by atoms with van der Waals surface area (Å²) >= 11 is 0. The first-order valence-electron chi connectivity index (χ1n) is 19.4. The van der Waals surface area contributed by atoms with Crippen molar-refractivity contribution in [2.45, 2.75) is 74.2 Å². The molecule has 6 rings (SSSR count). The minimum atomic E-state index is -5.26. The van der Waals surface area contributed by atoms with Crippen LogP contribution >= 0.6 is 23.5 Å². The van der Waals surface area contributed by atoms with Crippen molar-refractivity contribution in [1.82, 2.24) is 28.7 Å². The van der Waals surface area contributed by atoms with E-state index >= 15 is 0 Å². The highest BCUT2D eigenvalue weighted by molar-refractivity contribution is 7.47. The average Bonchev–Trinajstić information content (AvgIpc) is 3.93. The molecule has 3 aliphatic heterocycles. The summed E-state index contributed by atoms with van der Waals surface area (Å²) in [6.45, 7) is -2.51. The van der Waals surface area contributed by atoms with Gasteiger partial charge in [-0.15, -0.1) is 0 Å². The summed E-state index contributed by atoms with van der Waals surface area (Å²) < 4.78 is 84.5. The third kappa shape index (κ3) is 14.0. The number of H-pyrrole nitrogens is 3. The van der Waals surface area contributed by atoms with Crippen LogP contribution in [0.15, 0.2) is 47.4 Å².